The highest BCUT2D eigenvalue weighted by atomic mass is 32.2. The monoisotopic (exact) mass is 535 g/mol. The zero-order valence-corrected chi connectivity index (χ0v) is 19.1. The van der Waals surface area contributed by atoms with Gasteiger partial charge in [-0.2, -0.15) is 13.2 Å². The quantitative estimate of drug-likeness (QED) is 0.457. The molecule has 0 saturated heterocycles. The smallest absolute Gasteiger partial charge is 0.422 e. The fourth-order valence-corrected chi connectivity index (χ4v) is 5.22. The Bertz CT molecular complexity index is 1300. The van der Waals surface area contributed by atoms with E-state index in [1.807, 2.05) is 0 Å². The molecule has 1 saturated carbocycles. The van der Waals surface area contributed by atoms with Crippen LogP contribution in [-0.4, -0.2) is 52.9 Å². The minimum Gasteiger partial charge on any atom is -0.468 e. The highest BCUT2D eigenvalue weighted by molar-refractivity contribution is 7.89. The van der Waals surface area contributed by atoms with Crippen molar-refractivity contribution in [3.8, 4) is 17.0 Å². The molecule has 3 aromatic rings. The summed E-state index contributed by atoms with van der Waals surface area (Å²) in [7, 11) is -4.36. The number of benzene rings is 1. The number of pyridine rings is 1. The number of aromatic nitrogens is 4. The summed E-state index contributed by atoms with van der Waals surface area (Å²) in [6.07, 6.45) is -2.09. The minimum atomic E-state index is -4.55. The van der Waals surface area contributed by atoms with Crippen LogP contribution in [-0.2, 0) is 10.0 Å². The zero-order chi connectivity index (χ0) is 26.1. The van der Waals surface area contributed by atoms with Gasteiger partial charge in [-0.3, -0.25) is 0 Å². The predicted molar refractivity (Wildman–Crippen MR) is 113 cm³/mol. The van der Waals surface area contributed by atoms with Gasteiger partial charge in [0.25, 0.3) is 5.92 Å². The number of nitrogens with zero attached hydrogens (tertiary/aromatic N) is 4. The number of alkyl halides is 5. The van der Waals surface area contributed by atoms with Gasteiger partial charge in [-0.05, 0) is 24.6 Å². The molecule has 1 aliphatic carbocycles. The standard InChI is InChI=1S/C21H19F6N5O3S/c22-18-6-16(2-3-17(18)13-1-4-19(28-9-13)35-10-21(25,26)27)36(33,34)31-14-5-15(8-20(23,24)7-14)32-11-29-30-12-32/h1-4,6,9,11-12,14-15,31H,5,7-8,10H2/t14-,15?/m0/s1. The third-order valence-electron chi connectivity index (χ3n) is 5.50. The minimum absolute atomic E-state index is 0.0574. The van der Waals surface area contributed by atoms with Crippen LogP contribution < -0.4 is 9.46 Å². The Balaban J connectivity index is 1.48. The molecule has 1 N–H and O–H groups in total. The maximum absolute atomic E-state index is 14.8. The Morgan fingerprint density at radius 2 is 1.83 bits per heavy atom. The van der Waals surface area contributed by atoms with Gasteiger partial charge in [0.15, 0.2) is 6.61 Å². The van der Waals surface area contributed by atoms with E-state index < -0.39 is 64.4 Å². The zero-order valence-electron chi connectivity index (χ0n) is 18.3. The lowest BCUT2D eigenvalue weighted by atomic mass is 9.88. The van der Waals surface area contributed by atoms with Crippen LogP contribution in [0.2, 0.25) is 0 Å². The SMILES string of the molecule is O=S(=O)(N[C@H]1CC(n2cnnc2)CC(F)(F)C1)c1ccc(-c2ccc(OCC(F)(F)F)nc2)c(F)c1. The average Bonchev–Trinajstić information content (AvgIpc) is 3.31. The molecule has 0 radical (unpaired) electrons. The van der Waals surface area contributed by atoms with Crippen molar-refractivity contribution in [1.29, 1.82) is 0 Å². The lowest BCUT2D eigenvalue weighted by molar-refractivity contribution is -0.154. The maximum atomic E-state index is 14.8. The van der Waals surface area contributed by atoms with E-state index in [0.29, 0.717) is 0 Å². The van der Waals surface area contributed by atoms with Gasteiger partial charge >= 0.3 is 6.18 Å². The molecular formula is C21H19F6N5O3S. The van der Waals surface area contributed by atoms with Gasteiger partial charge in [-0.25, -0.2) is 31.3 Å². The Kier molecular flexibility index (Phi) is 6.96. The van der Waals surface area contributed by atoms with Gasteiger partial charge in [-0.1, -0.05) is 6.07 Å². The first-order chi connectivity index (χ1) is 16.8. The maximum Gasteiger partial charge on any atom is 0.422 e. The van der Waals surface area contributed by atoms with Crippen LogP contribution in [0, 0.1) is 5.82 Å². The van der Waals surface area contributed by atoms with E-state index in [-0.39, 0.29) is 23.4 Å². The van der Waals surface area contributed by atoms with E-state index in [1.54, 1.807) is 0 Å². The topological polar surface area (TPSA) is 99.0 Å². The largest absolute Gasteiger partial charge is 0.468 e. The van der Waals surface area contributed by atoms with Crippen molar-refractivity contribution < 1.29 is 39.5 Å². The third kappa shape index (κ3) is 6.32. The number of sulfonamides is 1. The van der Waals surface area contributed by atoms with Crippen molar-refractivity contribution >= 4 is 10.0 Å². The number of hydrogen-bond donors (Lipinski definition) is 1. The van der Waals surface area contributed by atoms with Crippen molar-refractivity contribution in [2.75, 3.05) is 6.61 Å². The summed E-state index contributed by atoms with van der Waals surface area (Å²) in [4.78, 5) is 3.21. The molecule has 36 heavy (non-hydrogen) atoms. The molecule has 2 atom stereocenters. The summed E-state index contributed by atoms with van der Waals surface area (Å²) in [5.41, 5.74) is 0.0909. The van der Waals surface area contributed by atoms with Crippen LogP contribution in [0.1, 0.15) is 25.3 Å². The lowest BCUT2D eigenvalue weighted by Crippen LogP contribution is -2.45. The van der Waals surface area contributed by atoms with Crippen molar-refractivity contribution in [3.63, 3.8) is 0 Å². The number of nitrogens with one attached hydrogen (secondary N) is 1. The molecule has 0 aliphatic heterocycles. The van der Waals surface area contributed by atoms with Crippen LogP contribution >= 0.6 is 0 Å². The average molecular weight is 535 g/mol. The van der Waals surface area contributed by atoms with Gasteiger partial charge < -0.3 is 9.30 Å². The van der Waals surface area contributed by atoms with E-state index >= 15 is 0 Å². The Morgan fingerprint density at radius 1 is 1.11 bits per heavy atom. The van der Waals surface area contributed by atoms with Crippen molar-refractivity contribution in [2.45, 2.75) is 48.3 Å². The molecule has 8 nitrogen and oxygen atoms in total. The van der Waals surface area contributed by atoms with Crippen LogP contribution in [0.25, 0.3) is 11.1 Å². The second-order valence-corrected chi connectivity index (χ2v) is 10.0. The van der Waals surface area contributed by atoms with Crippen LogP contribution in [0.3, 0.4) is 0 Å². The normalized spacial score (nSPS) is 20.3. The Labute approximate surface area is 201 Å². The van der Waals surface area contributed by atoms with E-state index in [1.165, 1.54) is 23.3 Å². The summed E-state index contributed by atoms with van der Waals surface area (Å²) >= 11 is 0. The number of ether oxygens (including phenoxy) is 1. The molecule has 1 aliphatic rings. The molecule has 1 fully saturated rings. The van der Waals surface area contributed by atoms with Gasteiger partial charge in [0.05, 0.1) is 4.90 Å². The second kappa shape index (κ2) is 9.69. The van der Waals surface area contributed by atoms with Gasteiger partial charge in [0, 0.05) is 48.3 Å². The molecule has 2 heterocycles. The molecular weight excluding hydrogens is 516 g/mol. The fraction of sp³-hybridized carbons (Fsp3) is 0.381. The van der Waals surface area contributed by atoms with E-state index in [0.717, 1.165) is 30.5 Å². The number of hydrogen-bond acceptors (Lipinski definition) is 6. The van der Waals surface area contributed by atoms with E-state index in [2.05, 4.69) is 24.6 Å². The van der Waals surface area contributed by atoms with Crippen molar-refractivity contribution in [2.24, 2.45) is 0 Å². The Morgan fingerprint density at radius 3 is 2.44 bits per heavy atom. The molecule has 0 amide bonds. The van der Waals surface area contributed by atoms with Gasteiger partial charge in [0.1, 0.15) is 18.5 Å². The molecule has 2 aromatic heterocycles. The van der Waals surface area contributed by atoms with Crippen LogP contribution in [0.4, 0.5) is 26.3 Å². The Hall–Kier alpha value is -3.20. The summed E-state index contributed by atoms with van der Waals surface area (Å²) in [5.74, 6) is -4.42. The molecule has 0 bridgehead atoms. The van der Waals surface area contributed by atoms with Gasteiger partial charge in [0.2, 0.25) is 15.9 Å². The fourth-order valence-electron chi connectivity index (χ4n) is 3.96. The molecule has 1 aromatic carbocycles. The van der Waals surface area contributed by atoms with Crippen molar-refractivity contribution in [1.82, 2.24) is 24.5 Å². The molecule has 0 spiro atoms. The first kappa shape index (κ1) is 25.9. The summed E-state index contributed by atoms with van der Waals surface area (Å²) in [6, 6.07) is 3.48. The molecule has 194 valence electrons. The second-order valence-electron chi connectivity index (χ2n) is 8.31. The summed E-state index contributed by atoms with van der Waals surface area (Å²) in [5, 5.41) is 7.18. The van der Waals surface area contributed by atoms with Gasteiger partial charge in [-0.15, -0.1) is 10.2 Å². The van der Waals surface area contributed by atoms with E-state index in [9.17, 15) is 34.8 Å². The first-order valence-electron chi connectivity index (χ1n) is 10.5. The molecule has 4 rings (SSSR count). The summed E-state index contributed by atoms with van der Waals surface area (Å²) in [6.45, 7) is -1.54. The highest BCUT2D eigenvalue weighted by Crippen LogP contribution is 2.39. The first-order valence-corrected chi connectivity index (χ1v) is 12.0. The van der Waals surface area contributed by atoms with E-state index in [4.69, 9.17) is 0 Å². The third-order valence-corrected chi connectivity index (χ3v) is 7.02. The summed E-state index contributed by atoms with van der Waals surface area (Å²) < 4.78 is 114. The number of halogens is 6. The molecule has 15 heteroatoms. The molecule has 1 unspecified atom stereocenters. The van der Waals surface area contributed by atoms with Crippen LogP contribution in [0.15, 0.2) is 54.1 Å². The van der Waals surface area contributed by atoms with Crippen LogP contribution in [0.5, 0.6) is 5.88 Å². The number of rotatable bonds is 7. The van der Waals surface area contributed by atoms with Crippen molar-refractivity contribution in [3.05, 3.63) is 55.0 Å². The predicted octanol–water partition coefficient (Wildman–Crippen LogP) is 4.13. The lowest BCUT2D eigenvalue weighted by Gasteiger charge is -2.35. The highest BCUT2D eigenvalue weighted by Gasteiger charge is 2.43.